The summed E-state index contributed by atoms with van der Waals surface area (Å²) in [5.41, 5.74) is 3.28. The third-order valence-electron chi connectivity index (χ3n) is 2.16. The second kappa shape index (κ2) is 5.21. The van der Waals surface area contributed by atoms with Gasteiger partial charge in [0, 0.05) is 0 Å². The van der Waals surface area contributed by atoms with Crippen LogP contribution >= 0.6 is 0 Å². The Morgan fingerprint density at radius 3 is 2.18 bits per heavy atom. The molecule has 0 amide bonds. The molecule has 0 radical (unpaired) electrons. The van der Waals surface area contributed by atoms with Gasteiger partial charge in [-0.2, -0.15) is 5.10 Å². The van der Waals surface area contributed by atoms with Crippen LogP contribution in [0.1, 0.15) is 5.56 Å². The fourth-order valence-electron chi connectivity index (χ4n) is 1.32. The Bertz CT molecular complexity index is 504. The first-order chi connectivity index (χ1) is 8.27. The fraction of sp³-hybridized carbons (Fsp3) is 0. The van der Waals surface area contributed by atoms with Gasteiger partial charge in [-0.15, -0.1) is 0 Å². The highest BCUT2D eigenvalue weighted by atomic mass is 19.1. The van der Waals surface area contributed by atoms with Gasteiger partial charge in [0.05, 0.1) is 17.5 Å². The standard InChI is InChI=1S/C13H10F2N2/c14-12-7-4-8-13(15)11(12)9-16-17-10-5-2-1-3-6-10/h1-9,17H. The largest absolute Gasteiger partial charge is 0.279 e. The zero-order valence-electron chi connectivity index (χ0n) is 8.90. The molecule has 2 aromatic carbocycles. The van der Waals surface area contributed by atoms with Crippen LogP contribution in [0.3, 0.4) is 0 Å². The van der Waals surface area contributed by atoms with Crippen molar-refractivity contribution in [3.63, 3.8) is 0 Å². The minimum atomic E-state index is -0.636. The van der Waals surface area contributed by atoms with Crippen LogP contribution in [0.2, 0.25) is 0 Å². The lowest BCUT2D eigenvalue weighted by atomic mass is 10.2. The van der Waals surface area contributed by atoms with Gasteiger partial charge in [0.15, 0.2) is 0 Å². The zero-order chi connectivity index (χ0) is 12.1. The summed E-state index contributed by atoms with van der Waals surface area (Å²) >= 11 is 0. The molecule has 1 N–H and O–H groups in total. The van der Waals surface area contributed by atoms with E-state index in [-0.39, 0.29) is 5.56 Å². The second-order valence-corrected chi connectivity index (χ2v) is 3.37. The minimum Gasteiger partial charge on any atom is -0.279 e. The van der Waals surface area contributed by atoms with Crippen molar-refractivity contribution in [2.24, 2.45) is 5.10 Å². The Labute approximate surface area is 97.6 Å². The van der Waals surface area contributed by atoms with Crippen molar-refractivity contribution in [1.82, 2.24) is 0 Å². The molecular weight excluding hydrogens is 222 g/mol. The van der Waals surface area contributed by atoms with E-state index in [0.717, 1.165) is 11.9 Å². The van der Waals surface area contributed by atoms with Crippen molar-refractivity contribution in [3.8, 4) is 0 Å². The van der Waals surface area contributed by atoms with Gasteiger partial charge in [-0.25, -0.2) is 8.78 Å². The Morgan fingerprint density at radius 1 is 0.882 bits per heavy atom. The molecule has 0 spiro atoms. The van der Waals surface area contributed by atoms with E-state index >= 15 is 0 Å². The smallest absolute Gasteiger partial charge is 0.134 e. The molecule has 17 heavy (non-hydrogen) atoms. The summed E-state index contributed by atoms with van der Waals surface area (Å²) in [6.45, 7) is 0. The minimum absolute atomic E-state index is 0.157. The number of halogens is 2. The van der Waals surface area contributed by atoms with Crippen LogP contribution in [-0.2, 0) is 0 Å². The monoisotopic (exact) mass is 232 g/mol. The maximum absolute atomic E-state index is 13.2. The van der Waals surface area contributed by atoms with Crippen molar-refractivity contribution in [2.75, 3.05) is 5.43 Å². The van der Waals surface area contributed by atoms with E-state index in [9.17, 15) is 8.78 Å². The molecule has 0 aliphatic carbocycles. The first kappa shape index (κ1) is 11.3. The van der Waals surface area contributed by atoms with E-state index < -0.39 is 11.6 Å². The fourth-order valence-corrected chi connectivity index (χ4v) is 1.32. The number of hydrogen-bond donors (Lipinski definition) is 1. The lowest BCUT2D eigenvalue weighted by Crippen LogP contribution is -1.96. The van der Waals surface area contributed by atoms with Crippen LogP contribution in [0.15, 0.2) is 53.6 Å². The lowest BCUT2D eigenvalue weighted by molar-refractivity contribution is 0.580. The first-order valence-corrected chi connectivity index (χ1v) is 5.05. The van der Waals surface area contributed by atoms with Crippen LogP contribution in [0.25, 0.3) is 0 Å². The van der Waals surface area contributed by atoms with Gasteiger partial charge in [-0.1, -0.05) is 24.3 Å². The average molecular weight is 232 g/mol. The highest BCUT2D eigenvalue weighted by Gasteiger charge is 2.04. The lowest BCUT2D eigenvalue weighted by Gasteiger charge is -2.00. The summed E-state index contributed by atoms with van der Waals surface area (Å²) < 4.78 is 26.4. The molecule has 0 heterocycles. The van der Waals surface area contributed by atoms with Crippen molar-refractivity contribution in [3.05, 3.63) is 65.7 Å². The number of nitrogens with zero attached hydrogens (tertiary/aromatic N) is 1. The van der Waals surface area contributed by atoms with Gasteiger partial charge in [-0.05, 0) is 24.3 Å². The summed E-state index contributed by atoms with van der Waals surface area (Å²) in [6.07, 6.45) is 1.12. The Hall–Kier alpha value is -2.23. The van der Waals surface area contributed by atoms with E-state index in [1.807, 2.05) is 18.2 Å². The molecule has 0 fully saturated rings. The van der Waals surface area contributed by atoms with Crippen molar-refractivity contribution >= 4 is 11.9 Å². The van der Waals surface area contributed by atoms with Gasteiger partial charge in [-0.3, -0.25) is 5.43 Å². The van der Waals surface area contributed by atoms with E-state index in [2.05, 4.69) is 10.5 Å². The number of nitrogens with one attached hydrogen (secondary N) is 1. The van der Waals surface area contributed by atoms with Crippen molar-refractivity contribution in [1.29, 1.82) is 0 Å². The Kier molecular flexibility index (Phi) is 3.45. The SMILES string of the molecule is Fc1cccc(F)c1C=NNc1ccccc1. The highest BCUT2D eigenvalue weighted by Crippen LogP contribution is 2.10. The summed E-state index contributed by atoms with van der Waals surface area (Å²) in [5.74, 6) is -1.27. The maximum atomic E-state index is 13.2. The number of hydrogen-bond acceptors (Lipinski definition) is 2. The number of benzene rings is 2. The maximum Gasteiger partial charge on any atom is 0.134 e. The number of anilines is 1. The molecule has 0 saturated heterocycles. The third kappa shape index (κ3) is 2.87. The van der Waals surface area contributed by atoms with Gasteiger partial charge >= 0.3 is 0 Å². The normalized spacial score (nSPS) is 10.7. The Morgan fingerprint density at radius 2 is 1.53 bits per heavy atom. The molecule has 0 atom stereocenters. The van der Waals surface area contributed by atoms with Crippen LogP contribution in [0.5, 0.6) is 0 Å². The zero-order valence-corrected chi connectivity index (χ0v) is 8.90. The van der Waals surface area contributed by atoms with Crippen LogP contribution in [-0.4, -0.2) is 6.21 Å². The summed E-state index contributed by atoms with van der Waals surface area (Å²) in [6, 6.07) is 12.8. The quantitative estimate of drug-likeness (QED) is 0.636. The molecule has 0 aliphatic rings. The number of hydrazone groups is 1. The van der Waals surface area contributed by atoms with Crippen molar-refractivity contribution < 1.29 is 8.78 Å². The molecule has 0 aromatic heterocycles. The van der Waals surface area contributed by atoms with E-state index in [4.69, 9.17) is 0 Å². The van der Waals surface area contributed by atoms with Gasteiger partial charge in [0.1, 0.15) is 11.6 Å². The van der Waals surface area contributed by atoms with Gasteiger partial charge in [0.25, 0.3) is 0 Å². The predicted octanol–water partition coefficient (Wildman–Crippen LogP) is 3.41. The molecule has 0 aliphatic heterocycles. The van der Waals surface area contributed by atoms with Crippen molar-refractivity contribution in [2.45, 2.75) is 0 Å². The second-order valence-electron chi connectivity index (χ2n) is 3.37. The highest BCUT2D eigenvalue weighted by molar-refractivity contribution is 5.80. The predicted molar refractivity (Wildman–Crippen MR) is 64.0 cm³/mol. The summed E-state index contributed by atoms with van der Waals surface area (Å²) in [5, 5.41) is 3.78. The topological polar surface area (TPSA) is 24.4 Å². The molecule has 86 valence electrons. The summed E-state index contributed by atoms with van der Waals surface area (Å²) in [7, 11) is 0. The van der Waals surface area contributed by atoms with Crippen LogP contribution in [0.4, 0.5) is 14.5 Å². The average Bonchev–Trinajstić information content (AvgIpc) is 2.34. The summed E-state index contributed by atoms with van der Waals surface area (Å²) in [4.78, 5) is 0. The van der Waals surface area contributed by atoms with Gasteiger partial charge in [0.2, 0.25) is 0 Å². The van der Waals surface area contributed by atoms with E-state index in [1.165, 1.54) is 18.2 Å². The molecule has 2 nitrogen and oxygen atoms in total. The first-order valence-electron chi connectivity index (χ1n) is 5.05. The third-order valence-corrected chi connectivity index (χ3v) is 2.16. The molecule has 2 rings (SSSR count). The molecule has 0 bridgehead atoms. The molecule has 2 aromatic rings. The molecule has 4 heteroatoms. The van der Waals surface area contributed by atoms with Gasteiger partial charge < -0.3 is 0 Å². The Balaban J connectivity index is 2.11. The number of rotatable bonds is 3. The van der Waals surface area contributed by atoms with Crippen LogP contribution < -0.4 is 5.43 Å². The molecular formula is C13H10F2N2. The van der Waals surface area contributed by atoms with E-state index in [1.54, 1.807) is 12.1 Å². The molecule has 0 saturated carbocycles. The van der Waals surface area contributed by atoms with E-state index in [0.29, 0.717) is 0 Å². The molecule has 0 unspecified atom stereocenters. The number of para-hydroxylation sites is 1. The van der Waals surface area contributed by atoms with Crippen LogP contribution in [0, 0.1) is 11.6 Å².